The summed E-state index contributed by atoms with van der Waals surface area (Å²) in [7, 11) is -3.86. The number of sulfonamides is 1. The third-order valence-corrected chi connectivity index (χ3v) is 6.43. The van der Waals surface area contributed by atoms with Crippen LogP contribution in [0.5, 0.6) is 17.2 Å². The highest BCUT2D eigenvalue weighted by Crippen LogP contribution is 2.39. The Balaban J connectivity index is 1.63. The molecule has 2 aromatic rings. The lowest BCUT2D eigenvalue weighted by atomic mass is 9.93. The molecule has 0 spiro atoms. The Labute approximate surface area is 175 Å². The number of rotatable bonds is 4. The van der Waals surface area contributed by atoms with Crippen molar-refractivity contribution in [3.05, 3.63) is 36.4 Å². The SMILES string of the molecule is CCN1C(=O)C(C)(C)COc2cc(NS(=O)(=O)c3ccc4c(c3)OCCO4)ccc21. The van der Waals surface area contributed by atoms with Crippen molar-refractivity contribution in [3.63, 3.8) is 0 Å². The highest BCUT2D eigenvalue weighted by atomic mass is 32.2. The van der Waals surface area contributed by atoms with E-state index >= 15 is 0 Å². The molecule has 0 saturated heterocycles. The van der Waals surface area contributed by atoms with Gasteiger partial charge in [-0.1, -0.05) is 0 Å². The Kier molecular flexibility index (Phi) is 5.01. The van der Waals surface area contributed by atoms with Gasteiger partial charge < -0.3 is 19.1 Å². The molecular formula is C21H24N2O6S. The standard InChI is InChI=1S/C21H24N2O6S/c1-4-23-16-7-5-14(11-18(16)29-13-21(2,3)20(23)24)22-30(25,26)15-6-8-17-19(12-15)28-10-9-27-17/h5-8,11-12,22H,4,9-10,13H2,1-3H3. The van der Waals surface area contributed by atoms with E-state index in [1.54, 1.807) is 29.2 Å². The van der Waals surface area contributed by atoms with Gasteiger partial charge in [0.2, 0.25) is 5.91 Å². The minimum atomic E-state index is -3.86. The molecule has 1 N–H and O–H groups in total. The van der Waals surface area contributed by atoms with E-state index in [9.17, 15) is 13.2 Å². The van der Waals surface area contributed by atoms with Gasteiger partial charge in [-0.3, -0.25) is 9.52 Å². The monoisotopic (exact) mass is 432 g/mol. The number of amides is 1. The fraction of sp³-hybridized carbons (Fsp3) is 0.381. The summed E-state index contributed by atoms with van der Waals surface area (Å²) in [6, 6.07) is 9.40. The van der Waals surface area contributed by atoms with Crippen molar-refractivity contribution < 1.29 is 27.4 Å². The van der Waals surface area contributed by atoms with Crippen molar-refractivity contribution >= 4 is 27.3 Å². The van der Waals surface area contributed by atoms with Crippen molar-refractivity contribution in [3.8, 4) is 17.2 Å². The Morgan fingerprint density at radius 1 is 1.00 bits per heavy atom. The number of nitrogens with one attached hydrogen (secondary N) is 1. The highest BCUT2D eigenvalue weighted by molar-refractivity contribution is 7.92. The fourth-order valence-electron chi connectivity index (χ4n) is 3.43. The molecule has 0 aromatic heterocycles. The average molecular weight is 432 g/mol. The Bertz CT molecular complexity index is 1100. The summed E-state index contributed by atoms with van der Waals surface area (Å²) in [5.41, 5.74) is 0.280. The topological polar surface area (TPSA) is 94.2 Å². The molecular weight excluding hydrogens is 408 g/mol. The van der Waals surface area contributed by atoms with E-state index in [4.69, 9.17) is 14.2 Å². The summed E-state index contributed by atoms with van der Waals surface area (Å²) < 4.78 is 45.1. The number of carbonyl (C=O) groups excluding carboxylic acids is 1. The van der Waals surface area contributed by atoms with Gasteiger partial charge in [0.15, 0.2) is 11.5 Å². The van der Waals surface area contributed by atoms with Crippen LogP contribution in [0.15, 0.2) is 41.3 Å². The van der Waals surface area contributed by atoms with Gasteiger partial charge in [0, 0.05) is 18.7 Å². The molecule has 0 fully saturated rings. The summed E-state index contributed by atoms with van der Waals surface area (Å²) in [6.45, 7) is 7.04. The second kappa shape index (κ2) is 7.39. The van der Waals surface area contributed by atoms with Gasteiger partial charge in [0.05, 0.1) is 21.7 Å². The molecule has 0 saturated carbocycles. The number of benzene rings is 2. The maximum Gasteiger partial charge on any atom is 0.262 e. The van der Waals surface area contributed by atoms with E-state index < -0.39 is 15.4 Å². The Hall–Kier alpha value is -2.94. The third kappa shape index (κ3) is 3.65. The molecule has 0 unspecified atom stereocenters. The molecule has 2 aliphatic rings. The van der Waals surface area contributed by atoms with Crippen LogP contribution in [0, 0.1) is 5.41 Å². The average Bonchev–Trinajstić information content (AvgIpc) is 2.81. The normalized spacial score (nSPS) is 17.6. The number of hydrogen-bond donors (Lipinski definition) is 1. The maximum absolute atomic E-state index is 12.9. The molecule has 2 heterocycles. The molecule has 0 atom stereocenters. The lowest BCUT2D eigenvalue weighted by Crippen LogP contribution is -2.42. The van der Waals surface area contributed by atoms with Crippen molar-refractivity contribution in [2.45, 2.75) is 25.7 Å². The first kappa shape index (κ1) is 20.3. The predicted molar refractivity (Wildman–Crippen MR) is 112 cm³/mol. The Morgan fingerprint density at radius 3 is 2.47 bits per heavy atom. The summed E-state index contributed by atoms with van der Waals surface area (Å²) in [6.07, 6.45) is 0. The van der Waals surface area contributed by atoms with Crippen LogP contribution in [0.4, 0.5) is 11.4 Å². The first-order valence-corrected chi connectivity index (χ1v) is 11.2. The molecule has 160 valence electrons. The predicted octanol–water partition coefficient (Wildman–Crippen LogP) is 3.03. The maximum atomic E-state index is 12.9. The van der Waals surface area contributed by atoms with Gasteiger partial charge >= 0.3 is 0 Å². The van der Waals surface area contributed by atoms with Gasteiger partial charge in [-0.15, -0.1) is 0 Å². The van der Waals surface area contributed by atoms with E-state index in [0.29, 0.717) is 48.4 Å². The highest BCUT2D eigenvalue weighted by Gasteiger charge is 2.37. The van der Waals surface area contributed by atoms with Crippen molar-refractivity contribution in [2.24, 2.45) is 5.41 Å². The zero-order valence-corrected chi connectivity index (χ0v) is 17.9. The smallest absolute Gasteiger partial charge is 0.262 e. The second-order valence-corrected chi connectivity index (χ2v) is 9.50. The molecule has 1 amide bonds. The minimum absolute atomic E-state index is 0.0339. The zero-order chi connectivity index (χ0) is 21.5. The van der Waals surface area contributed by atoms with Crippen molar-refractivity contribution in [1.82, 2.24) is 0 Å². The third-order valence-electron chi connectivity index (χ3n) is 5.06. The van der Waals surface area contributed by atoms with E-state index in [0.717, 1.165) is 0 Å². The summed E-state index contributed by atoms with van der Waals surface area (Å²) in [5.74, 6) is 1.34. The van der Waals surface area contributed by atoms with Gasteiger partial charge in [-0.05, 0) is 45.0 Å². The molecule has 8 nitrogen and oxygen atoms in total. The molecule has 9 heteroatoms. The Morgan fingerprint density at radius 2 is 1.73 bits per heavy atom. The van der Waals surface area contributed by atoms with E-state index in [2.05, 4.69) is 4.72 Å². The quantitative estimate of drug-likeness (QED) is 0.798. The molecule has 4 rings (SSSR count). The molecule has 0 aliphatic carbocycles. The van der Waals surface area contributed by atoms with Crippen LogP contribution in [-0.2, 0) is 14.8 Å². The van der Waals surface area contributed by atoms with Crippen LogP contribution in [0.1, 0.15) is 20.8 Å². The second-order valence-electron chi connectivity index (χ2n) is 7.82. The number of anilines is 2. The van der Waals surface area contributed by atoms with Crippen LogP contribution < -0.4 is 23.8 Å². The summed E-state index contributed by atoms with van der Waals surface area (Å²) >= 11 is 0. The summed E-state index contributed by atoms with van der Waals surface area (Å²) in [4.78, 5) is 14.5. The van der Waals surface area contributed by atoms with Crippen molar-refractivity contribution in [2.75, 3.05) is 36.0 Å². The molecule has 30 heavy (non-hydrogen) atoms. The molecule has 0 bridgehead atoms. The fourth-order valence-corrected chi connectivity index (χ4v) is 4.49. The number of ether oxygens (including phenoxy) is 3. The van der Waals surface area contributed by atoms with Crippen LogP contribution in [0.25, 0.3) is 0 Å². The van der Waals surface area contributed by atoms with Crippen LogP contribution in [-0.4, -0.2) is 40.7 Å². The van der Waals surface area contributed by atoms with Gasteiger partial charge in [-0.2, -0.15) is 0 Å². The van der Waals surface area contributed by atoms with E-state index in [-0.39, 0.29) is 17.4 Å². The van der Waals surface area contributed by atoms with Gasteiger partial charge in [0.1, 0.15) is 25.6 Å². The number of nitrogens with zero attached hydrogens (tertiary/aromatic N) is 1. The van der Waals surface area contributed by atoms with E-state index in [1.165, 1.54) is 12.1 Å². The number of hydrogen-bond acceptors (Lipinski definition) is 6. The zero-order valence-electron chi connectivity index (χ0n) is 17.1. The number of carbonyl (C=O) groups is 1. The van der Waals surface area contributed by atoms with Crippen LogP contribution >= 0.6 is 0 Å². The molecule has 0 radical (unpaired) electrons. The van der Waals surface area contributed by atoms with E-state index in [1.807, 2.05) is 20.8 Å². The molecule has 2 aliphatic heterocycles. The van der Waals surface area contributed by atoms with Crippen molar-refractivity contribution in [1.29, 1.82) is 0 Å². The first-order valence-electron chi connectivity index (χ1n) is 9.72. The van der Waals surface area contributed by atoms with Crippen LogP contribution in [0.2, 0.25) is 0 Å². The van der Waals surface area contributed by atoms with Crippen LogP contribution in [0.3, 0.4) is 0 Å². The lowest BCUT2D eigenvalue weighted by molar-refractivity contribution is -0.127. The largest absolute Gasteiger partial charge is 0.490 e. The lowest BCUT2D eigenvalue weighted by Gasteiger charge is -2.26. The minimum Gasteiger partial charge on any atom is -0.490 e. The molecule has 2 aromatic carbocycles. The summed E-state index contributed by atoms with van der Waals surface area (Å²) in [5, 5.41) is 0. The van der Waals surface area contributed by atoms with Gasteiger partial charge in [-0.25, -0.2) is 8.42 Å². The first-order chi connectivity index (χ1) is 14.2. The van der Waals surface area contributed by atoms with Gasteiger partial charge in [0.25, 0.3) is 10.0 Å². The number of fused-ring (bicyclic) bond motifs is 2.